The molecule has 2 amide bonds. The van der Waals surface area contributed by atoms with E-state index in [4.69, 9.17) is 0 Å². The largest absolute Gasteiger partial charge is 0.336 e. The lowest BCUT2D eigenvalue weighted by Crippen LogP contribution is -2.38. The van der Waals surface area contributed by atoms with Crippen molar-refractivity contribution in [1.82, 2.24) is 9.55 Å². The average molecular weight is 588 g/mol. The topological polar surface area (TPSA) is 96.3 Å². The first kappa shape index (κ1) is 29.1. The van der Waals surface area contributed by atoms with Gasteiger partial charge in [-0.25, -0.2) is 9.37 Å². The molecular formula is C32H34FN5O3S. The van der Waals surface area contributed by atoms with Gasteiger partial charge in [-0.2, -0.15) is 0 Å². The Balaban J connectivity index is 1.37. The number of carbonyl (C=O) groups excluding carboxylic acids is 2. The standard InChI is InChI=1S/C32H34FN5O3S/c1-32(2,3)21-10-8-20(9-11-21)30(40)36-25-7-5-6-24(28(25)33)26-18-37(4)31(41)29(35-26)34-22-12-14-23(15-13-22)38-16-17-42-19-27(38)39/h5-15,18H,16-17,19,42H2,1-4H3,(H,34,35)(H,36,40). The van der Waals surface area contributed by atoms with Crippen LogP contribution in [0.5, 0.6) is 0 Å². The van der Waals surface area contributed by atoms with Crippen LogP contribution in [0.15, 0.2) is 77.7 Å². The molecule has 8 nitrogen and oxygen atoms in total. The normalized spacial score (nSPS) is 14.6. The third kappa shape index (κ3) is 6.23. The molecule has 1 aliphatic heterocycles. The fourth-order valence-corrected chi connectivity index (χ4v) is 5.66. The molecule has 0 saturated carbocycles. The monoisotopic (exact) mass is 587 g/mol. The minimum atomic E-state index is -0.662. The van der Waals surface area contributed by atoms with Gasteiger partial charge in [-0.05, 0) is 65.3 Å². The maximum atomic E-state index is 15.7. The summed E-state index contributed by atoms with van der Waals surface area (Å²) < 4.78 is 17.0. The molecule has 1 fully saturated rings. The molecule has 3 aromatic carbocycles. The van der Waals surface area contributed by atoms with Crippen LogP contribution >= 0.6 is 11.8 Å². The summed E-state index contributed by atoms with van der Waals surface area (Å²) in [6.45, 7) is 6.97. The van der Waals surface area contributed by atoms with Crippen LogP contribution in [0.4, 0.5) is 27.3 Å². The zero-order valence-electron chi connectivity index (χ0n) is 24.0. The molecular weight excluding hydrogens is 553 g/mol. The second-order valence-electron chi connectivity index (χ2n) is 11.2. The van der Waals surface area contributed by atoms with Crippen LogP contribution in [0, 0.1) is 5.82 Å². The van der Waals surface area contributed by atoms with Gasteiger partial charge in [0.1, 0.15) is 0 Å². The molecule has 2 N–H and O–H groups in total. The SMILES string of the molecule is Cn1cc(-c2cccc(NC(=O)c3ccc(C(C)(C)C)cc3)c2F)nc(Nc2ccc(N3CC[SH2]CC3=O)cc2)c1=O. The number of aryl methyl sites for hydroxylation is 1. The number of amides is 2. The zero-order chi connectivity index (χ0) is 30.0. The third-order valence-electron chi connectivity index (χ3n) is 7.14. The quantitative estimate of drug-likeness (QED) is 0.314. The predicted molar refractivity (Wildman–Crippen MR) is 170 cm³/mol. The molecule has 0 bridgehead atoms. The third-order valence-corrected chi connectivity index (χ3v) is 8.27. The van der Waals surface area contributed by atoms with E-state index in [0.717, 1.165) is 17.0 Å². The lowest BCUT2D eigenvalue weighted by molar-refractivity contribution is -0.116. The van der Waals surface area contributed by atoms with Gasteiger partial charge in [0.15, 0.2) is 11.6 Å². The molecule has 0 atom stereocenters. The molecule has 0 unspecified atom stereocenters. The Hall–Kier alpha value is -4.44. The fourth-order valence-electron chi connectivity index (χ4n) is 4.70. The van der Waals surface area contributed by atoms with E-state index >= 15 is 4.39 Å². The highest BCUT2D eigenvalue weighted by Crippen LogP contribution is 2.29. The zero-order valence-corrected chi connectivity index (χ0v) is 25.0. The van der Waals surface area contributed by atoms with Gasteiger partial charge in [0.25, 0.3) is 11.5 Å². The number of hydrogen-bond donors (Lipinski definition) is 2. The minimum Gasteiger partial charge on any atom is -0.336 e. The fraction of sp³-hybridized carbons (Fsp3) is 0.250. The Labute approximate surface area is 248 Å². The summed E-state index contributed by atoms with van der Waals surface area (Å²) in [4.78, 5) is 44.3. The second-order valence-corrected chi connectivity index (χ2v) is 12.6. The van der Waals surface area contributed by atoms with E-state index in [-0.39, 0.29) is 34.1 Å². The average Bonchev–Trinajstić information content (AvgIpc) is 2.97. The summed E-state index contributed by atoms with van der Waals surface area (Å²) in [6, 6.07) is 19.1. The van der Waals surface area contributed by atoms with E-state index < -0.39 is 17.3 Å². The summed E-state index contributed by atoms with van der Waals surface area (Å²) in [5, 5.41) is 5.69. The Bertz CT molecular complexity index is 1700. The maximum Gasteiger partial charge on any atom is 0.293 e. The number of aromatic nitrogens is 2. The predicted octanol–water partition coefficient (Wildman–Crippen LogP) is 5.42. The van der Waals surface area contributed by atoms with E-state index in [1.807, 2.05) is 24.3 Å². The molecule has 1 aromatic heterocycles. The highest BCUT2D eigenvalue weighted by molar-refractivity contribution is 8.00. The van der Waals surface area contributed by atoms with Crippen LogP contribution in [-0.2, 0) is 17.3 Å². The molecule has 10 heteroatoms. The molecule has 1 aliphatic rings. The molecule has 1 saturated heterocycles. The van der Waals surface area contributed by atoms with Crippen molar-refractivity contribution in [2.45, 2.75) is 26.2 Å². The van der Waals surface area contributed by atoms with Crippen molar-refractivity contribution in [2.24, 2.45) is 7.05 Å². The minimum absolute atomic E-state index is 0.00550. The van der Waals surface area contributed by atoms with Gasteiger partial charge in [0, 0.05) is 42.3 Å². The number of benzene rings is 3. The first-order chi connectivity index (χ1) is 20.0. The number of halogens is 1. The highest BCUT2D eigenvalue weighted by Gasteiger charge is 2.20. The van der Waals surface area contributed by atoms with E-state index in [1.165, 1.54) is 16.8 Å². The summed E-state index contributed by atoms with van der Waals surface area (Å²) in [6.07, 6.45) is 1.45. The number of hydrogen-bond acceptors (Lipinski definition) is 5. The van der Waals surface area contributed by atoms with Gasteiger partial charge in [0.2, 0.25) is 5.91 Å². The van der Waals surface area contributed by atoms with Crippen molar-refractivity contribution < 1.29 is 14.0 Å². The van der Waals surface area contributed by atoms with E-state index in [2.05, 4.69) is 36.4 Å². The molecule has 0 spiro atoms. The Morgan fingerprint density at radius 2 is 1.71 bits per heavy atom. The molecule has 0 aliphatic carbocycles. The van der Waals surface area contributed by atoms with Gasteiger partial charge >= 0.3 is 0 Å². The summed E-state index contributed by atoms with van der Waals surface area (Å²) in [5.74, 6) is 0.597. The number of carbonyl (C=O) groups is 2. The van der Waals surface area contributed by atoms with Crippen LogP contribution in [0.25, 0.3) is 11.3 Å². The van der Waals surface area contributed by atoms with Crippen LogP contribution in [0.2, 0.25) is 0 Å². The molecule has 5 rings (SSSR count). The lowest BCUT2D eigenvalue weighted by Gasteiger charge is -2.27. The molecule has 2 heterocycles. The molecule has 0 radical (unpaired) electrons. The summed E-state index contributed by atoms with van der Waals surface area (Å²) in [5.41, 5.74) is 2.82. The second kappa shape index (κ2) is 11.8. The van der Waals surface area contributed by atoms with Crippen molar-refractivity contribution in [2.75, 3.05) is 33.6 Å². The van der Waals surface area contributed by atoms with E-state index in [0.29, 0.717) is 35.3 Å². The van der Waals surface area contributed by atoms with Crippen LogP contribution in [0.1, 0.15) is 36.7 Å². The lowest BCUT2D eigenvalue weighted by atomic mass is 9.87. The Morgan fingerprint density at radius 3 is 2.38 bits per heavy atom. The smallest absolute Gasteiger partial charge is 0.293 e. The first-order valence-corrected chi connectivity index (χ1v) is 15.1. The van der Waals surface area contributed by atoms with Gasteiger partial charge in [-0.1, -0.05) is 39.0 Å². The first-order valence-electron chi connectivity index (χ1n) is 13.7. The van der Waals surface area contributed by atoms with Crippen LogP contribution < -0.4 is 21.1 Å². The number of nitrogens with zero attached hydrogens (tertiary/aromatic N) is 3. The van der Waals surface area contributed by atoms with E-state index in [1.54, 1.807) is 48.3 Å². The van der Waals surface area contributed by atoms with Gasteiger partial charge < -0.3 is 20.1 Å². The summed E-state index contributed by atoms with van der Waals surface area (Å²) >= 11 is 0.667. The van der Waals surface area contributed by atoms with Crippen molar-refractivity contribution in [3.63, 3.8) is 0 Å². The van der Waals surface area contributed by atoms with Crippen LogP contribution in [-0.4, -0.2) is 39.4 Å². The van der Waals surface area contributed by atoms with Crippen molar-refractivity contribution in [3.05, 3.63) is 100 Å². The number of anilines is 4. The van der Waals surface area contributed by atoms with Gasteiger partial charge in [-0.15, -0.1) is 0 Å². The van der Waals surface area contributed by atoms with Crippen molar-refractivity contribution in [1.29, 1.82) is 0 Å². The van der Waals surface area contributed by atoms with Crippen molar-refractivity contribution >= 4 is 46.5 Å². The van der Waals surface area contributed by atoms with Crippen molar-refractivity contribution in [3.8, 4) is 11.3 Å². The van der Waals surface area contributed by atoms with E-state index in [9.17, 15) is 14.4 Å². The molecule has 218 valence electrons. The van der Waals surface area contributed by atoms with Gasteiger partial charge in [-0.3, -0.25) is 26.1 Å². The maximum absolute atomic E-state index is 15.7. The number of nitrogens with one attached hydrogen (secondary N) is 2. The van der Waals surface area contributed by atoms with Crippen LogP contribution in [0.3, 0.4) is 0 Å². The Kier molecular flexibility index (Phi) is 8.17. The molecule has 42 heavy (non-hydrogen) atoms. The highest BCUT2D eigenvalue weighted by atomic mass is 32.2. The van der Waals surface area contributed by atoms with Gasteiger partial charge in [0.05, 0.1) is 17.1 Å². The number of rotatable bonds is 6. The summed E-state index contributed by atoms with van der Waals surface area (Å²) in [7, 11) is 1.56. The Morgan fingerprint density at radius 1 is 1.00 bits per heavy atom. The molecule has 4 aromatic rings.